The van der Waals surface area contributed by atoms with Gasteiger partial charge in [0.05, 0.1) is 0 Å². The molecule has 0 heterocycles. The number of ether oxygens (including phenoxy) is 1. The van der Waals surface area contributed by atoms with Gasteiger partial charge in [0.25, 0.3) is 0 Å². The van der Waals surface area contributed by atoms with Gasteiger partial charge in [0.1, 0.15) is 11.6 Å². The minimum Gasteiger partial charge on any atom is -0.458 e. The first kappa shape index (κ1) is 28.4. The first-order chi connectivity index (χ1) is 13.1. The van der Waals surface area contributed by atoms with E-state index >= 15 is 0 Å². The molecular weight excluding hydrogens is 408 g/mol. The minimum absolute atomic E-state index is 0.223. The van der Waals surface area contributed by atoms with Crippen molar-refractivity contribution in [3.63, 3.8) is 0 Å². The van der Waals surface area contributed by atoms with E-state index in [1.54, 1.807) is 11.8 Å². The van der Waals surface area contributed by atoms with Gasteiger partial charge in [-0.05, 0) is 45.4 Å². The van der Waals surface area contributed by atoms with Gasteiger partial charge in [-0.3, -0.25) is 4.79 Å². The average Bonchev–Trinajstić information content (AvgIpc) is 2.52. The molecule has 6 nitrogen and oxygen atoms in total. The van der Waals surface area contributed by atoms with Gasteiger partial charge < -0.3 is 19.4 Å². The Kier molecular flexibility index (Phi) is 12.1. The number of nitrogens with zero attached hydrogens (tertiary/aromatic N) is 1. The lowest BCUT2D eigenvalue weighted by atomic mass is 10.2. The van der Waals surface area contributed by atoms with E-state index in [0.717, 1.165) is 32.0 Å². The van der Waals surface area contributed by atoms with E-state index in [9.17, 15) is 9.59 Å². The molecule has 0 unspecified atom stereocenters. The summed E-state index contributed by atoms with van der Waals surface area (Å²) in [7, 11) is -1.71. The molecule has 0 fully saturated rings. The molecule has 1 amide bonds. The van der Waals surface area contributed by atoms with Crippen molar-refractivity contribution in [3.05, 3.63) is 0 Å². The van der Waals surface area contributed by atoms with Crippen molar-refractivity contribution in [1.29, 1.82) is 0 Å². The number of thioether (sulfide) groups is 1. The maximum atomic E-state index is 12.3. The largest absolute Gasteiger partial charge is 0.458 e. The molecule has 0 spiro atoms. The molecule has 0 aliphatic heterocycles. The SMILES string of the molecule is CCN([13CH2][13CH2]O[Si](C)(C)C(C)(C)C)[13CH2][13CH2]SC[C@H](NC(C)=O)C(=O)OC(C)(C)C. The van der Waals surface area contributed by atoms with Crippen LogP contribution in [0.2, 0.25) is 18.1 Å². The first-order valence-corrected chi connectivity index (χ1v) is 14.6. The zero-order valence-corrected chi connectivity index (χ0v) is 22.1. The number of carbonyl (C=O) groups is 2. The first-order valence-electron chi connectivity index (χ1n) is 10.5. The zero-order valence-electron chi connectivity index (χ0n) is 20.3. The lowest BCUT2D eigenvalue weighted by molar-refractivity contribution is -0.157. The maximum absolute atomic E-state index is 12.3. The van der Waals surface area contributed by atoms with E-state index < -0.39 is 20.0 Å². The Morgan fingerprint density at radius 1 is 1.10 bits per heavy atom. The van der Waals surface area contributed by atoms with E-state index in [-0.39, 0.29) is 16.9 Å². The van der Waals surface area contributed by atoms with E-state index in [2.05, 4.69) is 51.0 Å². The van der Waals surface area contributed by atoms with Gasteiger partial charge in [-0.15, -0.1) is 0 Å². The Morgan fingerprint density at radius 2 is 1.69 bits per heavy atom. The van der Waals surface area contributed by atoms with Crippen molar-refractivity contribution in [2.75, 3.05) is 37.7 Å². The molecule has 0 aliphatic rings. The molecule has 0 saturated heterocycles. The number of esters is 1. The number of nitrogens with one attached hydrogen (secondary N) is 1. The van der Waals surface area contributed by atoms with Crippen LogP contribution >= 0.6 is 11.8 Å². The second-order valence-electron chi connectivity index (χ2n) is 9.90. The fourth-order valence-electron chi connectivity index (χ4n) is 2.26. The molecule has 0 radical (unpaired) electrons. The van der Waals surface area contributed by atoms with Crippen LogP contribution in [0.5, 0.6) is 0 Å². The minimum atomic E-state index is -1.71. The van der Waals surface area contributed by atoms with Crippen LogP contribution in [0.1, 0.15) is 55.4 Å². The number of carbonyl (C=O) groups excluding carboxylic acids is 2. The lowest BCUT2D eigenvalue weighted by Gasteiger charge is -2.36. The number of hydrogen-bond donors (Lipinski definition) is 1. The van der Waals surface area contributed by atoms with Crippen LogP contribution in [0, 0.1) is 0 Å². The molecule has 0 aromatic carbocycles. The van der Waals surface area contributed by atoms with Gasteiger partial charge in [0.2, 0.25) is 5.91 Å². The number of likely N-dealkylation sites (N-methyl/N-ethyl adjacent to an activating group) is 1. The molecule has 8 heteroatoms. The highest BCUT2D eigenvalue weighted by Gasteiger charge is 2.37. The van der Waals surface area contributed by atoms with Crippen LogP contribution in [0.25, 0.3) is 0 Å². The number of hydrogen-bond acceptors (Lipinski definition) is 6. The van der Waals surface area contributed by atoms with Gasteiger partial charge in [-0.25, -0.2) is 4.79 Å². The maximum Gasteiger partial charge on any atom is 0.330 e. The third-order valence-electron chi connectivity index (χ3n) is 5.03. The second kappa shape index (κ2) is 12.3. The Balaban J connectivity index is 4.42. The summed E-state index contributed by atoms with van der Waals surface area (Å²) in [5, 5.41) is 2.93. The monoisotopic (exact) mass is 452 g/mol. The van der Waals surface area contributed by atoms with Crippen molar-refractivity contribution in [1.82, 2.24) is 10.2 Å². The Hall–Kier alpha value is -0.573. The van der Waals surface area contributed by atoms with Crippen LogP contribution in [-0.2, 0) is 18.8 Å². The van der Waals surface area contributed by atoms with Gasteiger partial charge in [0, 0.05) is 38.1 Å². The highest BCUT2D eigenvalue weighted by Crippen LogP contribution is 2.36. The summed E-state index contributed by atoms with van der Waals surface area (Å²) in [6.45, 7) is 23.9. The molecule has 0 saturated carbocycles. The third kappa shape index (κ3) is 12.7. The molecule has 0 aromatic rings. The molecule has 29 heavy (non-hydrogen) atoms. The smallest absolute Gasteiger partial charge is 0.330 e. The van der Waals surface area contributed by atoms with Gasteiger partial charge in [-0.2, -0.15) is 11.8 Å². The van der Waals surface area contributed by atoms with Crippen LogP contribution in [0.3, 0.4) is 0 Å². The van der Waals surface area contributed by atoms with E-state index in [1.165, 1.54) is 6.92 Å². The van der Waals surface area contributed by atoms with E-state index in [4.69, 9.17) is 9.16 Å². The lowest BCUT2D eigenvalue weighted by Crippen LogP contribution is -2.45. The van der Waals surface area contributed by atoms with E-state index in [1.807, 2.05) is 20.8 Å². The average molecular weight is 453 g/mol. The number of amides is 1. The normalized spacial score (nSPS) is 14.0. The Morgan fingerprint density at radius 3 is 2.14 bits per heavy atom. The van der Waals surface area contributed by atoms with Crippen LogP contribution in [0.15, 0.2) is 0 Å². The molecule has 172 valence electrons. The molecule has 0 bridgehead atoms. The summed E-state index contributed by atoms with van der Waals surface area (Å²) >= 11 is 1.66. The molecule has 0 aromatic heterocycles. The van der Waals surface area contributed by atoms with Crippen molar-refractivity contribution < 1.29 is 18.8 Å². The summed E-state index contributed by atoms with van der Waals surface area (Å²) in [5.41, 5.74) is -0.568. The molecular formula is C21H44N2O4SSi. The van der Waals surface area contributed by atoms with Crippen LogP contribution < -0.4 is 5.32 Å². The summed E-state index contributed by atoms with van der Waals surface area (Å²) < 4.78 is 11.7. The predicted molar refractivity (Wildman–Crippen MR) is 126 cm³/mol. The Bertz CT molecular complexity index is 516. The van der Waals surface area contributed by atoms with Crippen molar-refractivity contribution >= 4 is 32.0 Å². The van der Waals surface area contributed by atoms with Gasteiger partial charge >= 0.3 is 5.97 Å². The summed E-state index contributed by atoms with van der Waals surface area (Å²) in [6.07, 6.45) is 0. The fraction of sp³-hybridized carbons (Fsp3) is 0.905. The van der Waals surface area contributed by atoms with Crippen LogP contribution in [0.4, 0.5) is 0 Å². The number of rotatable bonds is 12. The van der Waals surface area contributed by atoms with Crippen molar-refractivity contribution in [3.8, 4) is 0 Å². The molecule has 1 atom stereocenters. The van der Waals surface area contributed by atoms with Crippen molar-refractivity contribution in [2.45, 2.75) is 85.2 Å². The summed E-state index contributed by atoms with van der Waals surface area (Å²) in [6, 6.07) is -0.617. The standard InChI is InChI=1S/C21H44N2O4SSi/c1-11-23(12-14-26-29(9,10)21(6,7)8)13-15-28-16-18(22-17(2)24)19(25)27-20(3,4)5/h18H,11-16H2,1-10H3,(H,22,24)/t18-/m0/s1/i12+1,13+1,14+1,15+1. The van der Waals surface area contributed by atoms with Crippen molar-refractivity contribution in [2.24, 2.45) is 0 Å². The predicted octanol–water partition coefficient (Wildman–Crippen LogP) is 3.91. The van der Waals surface area contributed by atoms with Crippen LogP contribution in [-0.4, -0.2) is 74.5 Å². The highest BCUT2D eigenvalue weighted by atomic mass is 32.2. The Labute approximate surface area is 184 Å². The molecule has 0 rings (SSSR count). The quantitative estimate of drug-likeness (QED) is 0.210. The molecule has 0 aliphatic carbocycles. The summed E-state index contributed by atoms with van der Waals surface area (Å²) in [5.74, 6) is 0.786. The second-order valence-corrected chi connectivity index (χ2v) is 15.9. The topological polar surface area (TPSA) is 67.9 Å². The molecule has 1 N–H and O–H groups in total. The summed E-state index contributed by atoms with van der Waals surface area (Å²) in [4.78, 5) is 26.1. The van der Waals surface area contributed by atoms with E-state index in [0.29, 0.717) is 5.75 Å². The fourth-order valence-corrected chi connectivity index (χ4v) is 4.30. The van der Waals surface area contributed by atoms with Gasteiger partial charge in [-0.1, -0.05) is 27.7 Å². The zero-order chi connectivity index (χ0) is 22.9. The van der Waals surface area contributed by atoms with Gasteiger partial charge in [0.15, 0.2) is 8.32 Å². The highest BCUT2D eigenvalue weighted by molar-refractivity contribution is 7.99. The third-order valence-corrected chi connectivity index (χ3v) is 10.6.